The van der Waals surface area contributed by atoms with Gasteiger partial charge >= 0.3 is 0 Å². The molecular formula is C19H14ClN5OS. The molecule has 8 heteroatoms. The van der Waals surface area contributed by atoms with Gasteiger partial charge in [0.2, 0.25) is 0 Å². The lowest BCUT2D eigenvalue weighted by Crippen LogP contribution is -2.11. The number of aryl methyl sites for hydroxylation is 1. The molecule has 0 bridgehead atoms. The standard InChI is InChI=1S/C19H14ClN5OS/c1-12-10-17(25-19(23-12)21-11-22-25)27-16-8-6-15(7-9-16)24-18(26)13-2-4-14(20)5-3-13/h2-11H,1H3,(H,24,26). The number of hydrogen-bond donors (Lipinski definition) is 1. The van der Waals surface area contributed by atoms with E-state index in [1.165, 1.54) is 6.33 Å². The van der Waals surface area contributed by atoms with Gasteiger partial charge in [0.05, 0.1) is 0 Å². The van der Waals surface area contributed by atoms with Crippen molar-refractivity contribution in [2.24, 2.45) is 0 Å². The summed E-state index contributed by atoms with van der Waals surface area (Å²) in [5.74, 6) is 0.394. The molecule has 0 saturated heterocycles. The first-order valence-electron chi connectivity index (χ1n) is 8.11. The van der Waals surface area contributed by atoms with Gasteiger partial charge in [0, 0.05) is 26.9 Å². The number of nitrogens with zero attached hydrogens (tertiary/aromatic N) is 4. The zero-order valence-electron chi connectivity index (χ0n) is 14.3. The quantitative estimate of drug-likeness (QED) is 0.515. The highest BCUT2D eigenvalue weighted by atomic mass is 35.5. The highest BCUT2D eigenvalue weighted by molar-refractivity contribution is 7.99. The molecule has 1 amide bonds. The van der Waals surface area contributed by atoms with Crippen LogP contribution in [-0.2, 0) is 0 Å². The summed E-state index contributed by atoms with van der Waals surface area (Å²) < 4.78 is 1.70. The molecule has 0 aliphatic heterocycles. The Labute approximate surface area is 164 Å². The Morgan fingerprint density at radius 1 is 1.11 bits per heavy atom. The minimum atomic E-state index is -0.179. The van der Waals surface area contributed by atoms with Gasteiger partial charge in [-0.1, -0.05) is 23.4 Å². The summed E-state index contributed by atoms with van der Waals surface area (Å²) in [5.41, 5.74) is 2.15. The van der Waals surface area contributed by atoms with Crippen LogP contribution in [-0.4, -0.2) is 25.5 Å². The van der Waals surface area contributed by atoms with E-state index in [-0.39, 0.29) is 5.91 Å². The molecule has 0 fully saturated rings. The fourth-order valence-electron chi connectivity index (χ4n) is 2.50. The number of nitrogens with one attached hydrogen (secondary N) is 1. The highest BCUT2D eigenvalue weighted by Gasteiger charge is 2.09. The Kier molecular flexibility index (Phi) is 4.79. The maximum Gasteiger partial charge on any atom is 0.255 e. The van der Waals surface area contributed by atoms with Crippen molar-refractivity contribution in [1.82, 2.24) is 19.6 Å². The first-order valence-corrected chi connectivity index (χ1v) is 9.30. The lowest BCUT2D eigenvalue weighted by atomic mass is 10.2. The summed E-state index contributed by atoms with van der Waals surface area (Å²) in [6.07, 6.45) is 1.49. The van der Waals surface area contributed by atoms with E-state index in [1.54, 1.807) is 40.5 Å². The maximum absolute atomic E-state index is 12.3. The van der Waals surface area contributed by atoms with Gasteiger partial charge in [-0.2, -0.15) is 14.6 Å². The van der Waals surface area contributed by atoms with Gasteiger partial charge in [0.25, 0.3) is 11.7 Å². The van der Waals surface area contributed by atoms with Gasteiger partial charge in [-0.15, -0.1) is 0 Å². The van der Waals surface area contributed by atoms with Crippen molar-refractivity contribution in [3.8, 4) is 0 Å². The molecule has 2 aromatic carbocycles. The van der Waals surface area contributed by atoms with Crippen LogP contribution in [0.2, 0.25) is 5.02 Å². The number of benzene rings is 2. The zero-order valence-corrected chi connectivity index (χ0v) is 15.8. The summed E-state index contributed by atoms with van der Waals surface area (Å²) in [4.78, 5) is 21.8. The first-order chi connectivity index (χ1) is 13.1. The van der Waals surface area contributed by atoms with E-state index in [0.717, 1.165) is 21.3 Å². The zero-order chi connectivity index (χ0) is 18.8. The number of hydrogen-bond acceptors (Lipinski definition) is 5. The molecule has 4 rings (SSSR count). The highest BCUT2D eigenvalue weighted by Crippen LogP contribution is 2.29. The SMILES string of the molecule is Cc1cc(Sc2ccc(NC(=O)c3ccc(Cl)cc3)cc2)n2ncnc2n1. The Hall–Kier alpha value is -2.90. The van der Waals surface area contributed by atoms with Gasteiger partial charge in [0.1, 0.15) is 11.4 Å². The van der Waals surface area contributed by atoms with Gasteiger partial charge in [0.15, 0.2) is 0 Å². The van der Waals surface area contributed by atoms with Gasteiger partial charge in [-0.05, 0) is 61.5 Å². The van der Waals surface area contributed by atoms with E-state index in [4.69, 9.17) is 11.6 Å². The van der Waals surface area contributed by atoms with Crippen molar-refractivity contribution in [2.75, 3.05) is 5.32 Å². The lowest BCUT2D eigenvalue weighted by molar-refractivity contribution is 0.102. The Morgan fingerprint density at radius 2 is 1.85 bits per heavy atom. The van der Waals surface area contributed by atoms with Crippen molar-refractivity contribution in [3.05, 3.63) is 77.2 Å². The van der Waals surface area contributed by atoms with Crippen LogP contribution in [0, 0.1) is 6.92 Å². The number of anilines is 1. The molecule has 0 unspecified atom stereocenters. The van der Waals surface area contributed by atoms with Crippen molar-refractivity contribution in [3.63, 3.8) is 0 Å². The second-order valence-electron chi connectivity index (χ2n) is 5.80. The molecule has 0 radical (unpaired) electrons. The summed E-state index contributed by atoms with van der Waals surface area (Å²) >= 11 is 7.41. The van der Waals surface area contributed by atoms with Crippen LogP contribution in [0.15, 0.2) is 70.8 Å². The summed E-state index contributed by atoms with van der Waals surface area (Å²) in [7, 11) is 0. The monoisotopic (exact) mass is 395 g/mol. The van der Waals surface area contributed by atoms with E-state index in [2.05, 4.69) is 20.4 Å². The Balaban J connectivity index is 1.49. The smallest absolute Gasteiger partial charge is 0.255 e. The number of carbonyl (C=O) groups excluding carboxylic acids is 1. The van der Waals surface area contributed by atoms with Crippen LogP contribution in [0.1, 0.15) is 16.1 Å². The fraction of sp³-hybridized carbons (Fsp3) is 0.0526. The Bertz CT molecular complexity index is 1110. The van der Waals surface area contributed by atoms with Crippen molar-refractivity contribution >= 4 is 40.7 Å². The predicted octanol–water partition coefficient (Wildman–Crippen LogP) is 4.49. The number of rotatable bonds is 4. The van der Waals surface area contributed by atoms with Crippen LogP contribution in [0.5, 0.6) is 0 Å². The molecule has 0 spiro atoms. The van der Waals surface area contributed by atoms with Crippen molar-refractivity contribution in [1.29, 1.82) is 0 Å². The average molecular weight is 396 g/mol. The first kappa shape index (κ1) is 17.5. The number of carbonyl (C=O) groups is 1. The van der Waals surface area contributed by atoms with Crippen molar-refractivity contribution < 1.29 is 4.79 Å². The molecule has 0 atom stereocenters. The molecule has 134 valence electrons. The Morgan fingerprint density at radius 3 is 2.59 bits per heavy atom. The molecule has 2 heterocycles. The predicted molar refractivity (Wildman–Crippen MR) is 105 cm³/mol. The third-order valence-electron chi connectivity index (χ3n) is 3.79. The second kappa shape index (κ2) is 7.38. The van der Waals surface area contributed by atoms with E-state index >= 15 is 0 Å². The molecule has 6 nitrogen and oxygen atoms in total. The number of aromatic nitrogens is 4. The summed E-state index contributed by atoms with van der Waals surface area (Å²) in [5, 5.41) is 8.60. The van der Waals surface area contributed by atoms with Crippen LogP contribution >= 0.6 is 23.4 Å². The maximum atomic E-state index is 12.3. The third kappa shape index (κ3) is 3.94. The molecule has 1 N–H and O–H groups in total. The molecule has 0 aliphatic carbocycles. The second-order valence-corrected chi connectivity index (χ2v) is 7.33. The third-order valence-corrected chi connectivity index (χ3v) is 5.05. The van der Waals surface area contributed by atoms with E-state index < -0.39 is 0 Å². The molecule has 0 saturated carbocycles. The van der Waals surface area contributed by atoms with Gasteiger partial charge in [-0.25, -0.2) is 4.98 Å². The molecule has 4 aromatic rings. The lowest BCUT2D eigenvalue weighted by Gasteiger charge is -2.08. The summed E-state index contributed by atoms with van der Waals surface area (Å²) in [6, 6.07) is 16.3. The normalized spacial score (nSPS) is 10.9. The van der Waals surface area contributed by atoms with E-state index in [1.807, 2.05) is 37.3 Å². The molecule has 0 aliphatic rings. The minimum Gasteiger partial charge on any atom is -0.322 e. The minimum absolute atomic E-state index is 0.179. The van der Waals surface area contributed by atoms with Crippen LogP contribution in [0.4, 0.5) is 5.69 Å². The van der Waals surface area contributed by atoms with Gasteiger partial charge < -0.3 is 5.32 Å². The number of halogens is 1. The molecule has 27 heavy (non-hydrogen) atoms. The van der Waals surface area contributed by atoms with E-state index in [9.17, 15) is 4.79 Å². The van der Waals surface area contributed by atoms with Crippen LogP contribution in [0.3, 0.4) is 0 Å². The van der Waals surface area contributed by atoms with E-state index in [0.29, 0.717) is 16.4 Å². The van der Waals surface area contributed by atoms with Gasteiger partial charge in [-0.3, -0.25) is 4.79 Å². The molecule has 2 aromatic heterocycles. The summed E-state index contributed by atoms with van der Waals surface area (Å²) in [6.45, 7) is 1.92. The average Bonchev–Trinajstić information content (AvgIpc) is 3.12. The van der Waals surface area contributed by atoms with Crippen molar-refractivity contribution in [2.45, 2.75) is 16.8 Å². The number of amides is 1. The topological polar surface area (TPSA) is 72.2 Å². The number of fused-ring (bicyclic) bond motifs is 1. The molecular weight excluding hydrogens is 382 g/mol. The van der Waals surface area contributed by atoms with Crippen LogP contribution in [0.25, 0.3) is 5.78 Å². The fourth-order valence-corrected chi connectivity index (χ4v) is 3.59. The van der Waals surface area contributed by atoms with Crippen LogP contribution < -0.4 is 5.32 Å². The largest absolute Gasteiger partial charge is 0.322 e.